The largest absolute Gasteiger partial charge is 0.494 e. The van der Waals surface area contributed by atoms with Crippen molar-refractivity contribution < 1.29 is 4.74 Å². The van der Waals surface area contributed by atoms with Gasteiger partial charge >= 0.3 is 0 Å². The smallest absolute Gasteiger partial charge is 0.175 e. The maximum Gasteiger partial charge on any atom is 0.175 e. The number of nitrogens with zero attached hydrogens (tertiary/aromatic N) is 2. The van der Waals surface area contributed by atoms with E-state index in [1.807, 2.05) is 51.4 Å². The summed E-state index contributed by atoms with van der Waals surface area (Å²) >= 11 is 5.28. The second-order valence-corrected chi connectivity index (χ2v) is 4.75. The zero-order chi connectivity index (χ0) is 14.5. The molecule has 0 amide bonds. The van der Waals surface area contributed by atoms with Crippen LogP contribution in [0.5, 0.6) is 5.75 Å². The molecule has 0 atom stereocenters. The van der Waals surface area contributed by atoms with Crippen LogP contribution < -0.4 is 15.4 Å². The molecule has 0 aliphatic rings. The summed E-state index contributed by atoms with van der Waals surface area (Å²) in [5.41, 5.74) is 2.71. The van der Waals surface area contributed by atoms with Crippen molar-refractivity contribution in [2.75, 3.05) is 17.2 Å². The fourth-order valence-corrected chi connectivity index (χ4v) is 2.04. The Balaban J connectivity index is 1.95. The van der Waals surface area contributed by atoms with Gasteiger partial charge in [0.05, 0.1) is 18.0 Å². The van der Waals surface area contributed by atoms with Gasteiger partial charge in [-0.05, 0) is 50.3 Å². The molecule has 1 heterocycles. The lowest BCUT2D eigenvalue weighted by Crippen LogP contribution is -2.19. The van der Waals surface area contributed by atoms with Gasteiger partial charge in [-0.3, -0.25) is 4.68 Å². The van der Waals surface area contributed by atoms with E-state index in [-0.39, 0.29) is 0 Å². The first-order valence-corrected chi connectivity index (χ1v) is 6.80. The van der Waals surface area contributed by atoms with Crippen LogP contribution in [0.3, 0.4) is 0 Å². The van der Waals surface area contributed by atoms with Gasteiger partial charge < -0.3 is 15.4 Å². The average Bonchev–Trinajstić information content (AvgIpc) is 2.70. The third-order valence-corrected chi connectivity index (χ3v) is 2.89. The predicted octanol–water partition coefficient (Wildman–Crippen LogP) is 2.94. The van der Waals surface area contributed by atoms with Gasteiger partial charge in [0.25, 0.3) is 0 Å². The van der Waals surface area contributed by atoms with Crippen LogP contribution in [-0.4, -0.2) is 21.5 Å². The Kier molecular flexibility index (Phi) is 4.57. The summed E-state index contributed by atoms with van der Waals surface area (Å²) in [5, 5.41) is 11.0. The number of benzene rings is 1. The Morgan fingerprint density at radius 3 is 2.55 bits per heavy atom. The van der Waals surface area contributed by atoms with Crippen LogP contribution >= 0.6 is 12.2 Å². The molecule has 0 saturated carbocycles. The van der Waals surface area contributed by atoms with Gasteiger partial charge in [-0.15, -0.1) is 0 Å². The third kappa shape index (κ3) is 3.71. The van der Waals surface area contributed by atoms with E-state index in [0.29, 0.717) is 11.7 Å². The van der Waals surface area contributed by atoms with Crippen LogP contribution in [0.25, 0.3) is 0 Å². The number of aryl methyl sites for hydroxylation is 2. The van der Waals surface area contributed by atoms with Gasteiger partial charge in [0.1, 0.15) is 5.75 Å². The van der Waals surface area contributed by atoms with Gasteiger partial charge in [0, 0.05) is 18.9 Å². The van der Waals surface area contributed by atoms with Crippen LogP contribution in [0.15, 0.2) is 30.5 Å². The molecule has 2 N–H and O–H groups in total. The van der Waals surface area contributed by atoms with Crippen molar-refractivity contribution in [3.8, 4) is 5.75 Å². The number of hydrogen-bond donors (Lipinski definition) is 2. The summed E-state index contributed by atoms with van der Waals surface area (Å²) in [5.74, 6) is 0.847. The van der Waals surface area contributed by atoms with Crippen LogP contribution in [0.2, 0.25) is 0 Å². The van der Waals surface area contributed by atoms with E-state index in [1.54, 1.807) is 4.68 Å². The highest BCUT2D eigenvalue weighted by atomic mass is 32.1. The number of thiocarbonyl (C=S) groups is 1. The van der Waals surface area contributed by atoms with Gasteiger partial charge in [-0.2, -0.15) is 5.10 Å². The summed E-state index contributed by atoms with van der Waals surface area (Å²) < 4.78 is 7.14. The van der Waals surface area contributed by atoms with Gasteiger partial charge in [0.15, 0.2) is 5.11 Å². The second kappa shape index (κ2) is 6.38. The molecule has 0 bridgehead atoms. The van der Waals surface area contributed by atoms with Crippen LogP contribution in [-0.2, 0) is 7.05 Å². The summed E-state index contributed by atoms with van der Waals surface area (Å²) in [6.07, 6.45) is 1.89. The van der Waals surface area contributed by atoms with Crippen LogP contribution in [0, 0.1) is 6.92 Å². The summed E-state index contributed by atoms with van der Waals surface area (Å²) in [7, 11) is 1.88. The van der Waals surface area contributed by atoms with Crippen molar-refractivity contribution in [3.05, 3.63) is 36.2 Å². The molecular weight excluding hydrogens is 272 g/mol. The molecule has 1 aromatic heterocycles. The molecule has 0 saturated heterocycles. The van der Waals surface area contributed by atoms with Gasteiger partial charge in [-0.25, -0.2) is 0 Å². The predicted molar refractivity (Wildman–Crippen MR) is 85.4 cm³/mol. The molecule has 2 rings (SSSR count). The zero-order valence-corrected chi connectivity index (χ0v) is 12.6. The number of anilines is 2. The maximum atomic E-state index is 5.39. The zero-order valence-electron chi connectivity index (χ0n) is 11.8. The fraction of sp³-hybridized carbons (Fsp3) is 0.286. The number of aromatic nitrogens is 2. The van der Waals surface area contributed by atoms with Crippen molar-refractivity contribution in [1.29, 1.82) is 0 Å². The minimum atomic E-state index is 0.533. The fourth-order valence-electron chi connectivity index (χ4n) is 1.81. The molecule has 1 aromatic carbocycles. The molecule has 0 radical (unpaired) electrons. The molecule has 0 unspecified atom stereocenters. The third-order valence-electron chi connectivity index (χ3n) is 2.68. The highest BCUT2D eigenvalue weighted by molar-refractivity contribution is 7.80. The molecule has 5 nitrogen and oxygen atoms in total. The normalized spacial score (nSPS) is 10.2. The second-order valence-electron chi connectivity index (χ2n) is 4.34. The Morgan fingerprint density at radius 1 is 1.30 bits per heavy atom. The van der Waals surface area contributed by atoms with Crippen molar-refractivity contribution in [2.24, 2.45) is 7.05 Å². The number of ether oxygens (including phenoxy) is 1. The van der Waals surface area contributed by atoms with Crippen molar-refractivity contribution in [1.82, 2.24) is 9.78 Å². The van der Waals surface area contributed by atoms with Crippen LogP contribution in [0.4, 0.5) is 11.4 Å². The number of hydrogen-bond acceptors (Lipinski definition) is 3. The molecule has 0 spiro atoms. The topological polar surface area (TPSA) is 51.1 Å². The Bertz CT molecular complexity index is 592. The van der Waals surface area contributed by atoms with E-state index in [4.69, 9.17) is 17.0 Å². The molecule has 0 fully saturated rings. The highest BCUT2D eigenvalue weighted by Crippen LogP contribution is 2.17. The van der Waals surface area contributed by atoms with Crippen LogP contribution in [0.1, 0.15) is 12.6 Å². The highest BCUT2D eigenvalue weighted by Gasteiger charge is 2.05. The molecule has 0 aliphatic heterocycles. The van der Waals surface area contributed by atoms with E-state index >= 15 is 0 Å². The lowest BCUT2D eigenvalue weighted by atomic mass is 10.3. The SMILES string of the molecule is CCOc1ccc(NC(=S)Nc2cn(C)nc2C)cc1. The molecule has 106 valence electrons. The lowest BCUT2D eigenvalue weighted by Gasteiger charge is -2.10. The molecule has 0 aliphatic carbocycles. The van der Waals surface area contributed by atoms with Crippen molar-refractivity contribution in [2.45, 2.75) is 13.8 Å². The maximum absolute atomic E-state index is 5.39. The minimum absolute atomic E-state index is 0.533. The monoisotopic (exact) mass is 290 g/mol. The molecule has 6 heteroatoms. The van der Waals surface area contributed by atoms with E-state index in [1.165, 1.54) is 0 Å². The molecule has 2 aromatic rings. The first-order valence-electron chi connectivity index (χ1n) is 6.39. The average molecular weight is 290 g/mol. The number of rotatable bonds is 4. The van der Waals surface area contributed by atoms with Gasteiger partial charge in [0.2, 0.25) is 0 Å². The Labute approximate surface area is 123 Å². The standard InChI is InChI=1S/C14H18N4OS/c1-4-19-12-7-5-11(6-8-12)15-14(20)16-13-9-18(3)17-10(13)2/h5-9H,4H2,1-3H3,(H2,15,16,20). The van der Waals surface area contributed by atoms with E-state index in [2.05, 4.69) is 15.7 Å². The summed E-state index contributed by atoms with van der Waals surface area (Å²) in [6, 6.07) is 7.66. The van der Waals surface area contributed by atoms with Crippen molar-refractivity contribution >= 4 is 28.7 Å². The number of nitrogens with one attached hydrogen (secondary N) is 2. The molecule has 20 heavy (non-hydrogen) atoms. The van der Waals surface area contributed by atoms with Crippen molar-refractivity contribution in [3.63, 3.8) is 0 Å². The van der Waals surface area contributed by atoms with E-state index in [0.717, 1.165) is 22.8 Å². The summed E-state index contributed by atoms with van der Waals surface area (Å²) in [4.78, 5) is 0. The first kappa shape index (κ1) is 14.3. The lowest BCUT2D eigenvalue weighted by molar-refractivity contribution is 0.340. The summed E-state index contributed by atoms with van der Waals surface area (Å²) in [6.45, 7) is 4.55. The molecular formula is C14H18N4OS. The quantitative estimate of drug-likeness (QED) is 0.848. The van der Waals surface area contributed by atoms with E-state index < -0.39 is 0 Å². The Morgan fingerprint density at radius 2 is 2.00 bits per heavy atom. The Hall–Kier alpha value is -2.08. The first-order chi connectivity index (χ1) is 9.58. The van der Waals surface area contributed by atoms with E-state index in [9.17, 15) is 0 Å². The van der Waals surface area contributed by atoms with Gasteiger partial charge in [-0.1, -0.05) is 0 Å². The minimum Gasteiger partial charge on any atom is -0.494 e.